The molecule has 1 aromatic heterocycles. The Balaban J connectivity index is 2.36. The molecule has 0 aliphatic carbocycles. The fourth-order valence-corrected chi connectivity index (χ4v) is 1.89. The van der Waals surface area contributed by atoms with Gasteiger partial charge in [0.25, 0.3) is 0 Å². The third-order valence-electron chi connectivity index (χ3n) is 2.57. The van der Waals surface area contributed by atoms with Crippen molar-refractivity contribution in [2.24, 2.45) is 0 Å². The predicted molar refractivity (Wildman–Crippen MR) is 53.9 cm³/mol. The molecule has 1 aliphatic heterocycles. The molecule has 0 atom stereocenters. The fourth-order valence-electron chi connectivity index (χ4n) is 1.89. The molecule has 2 aromatic rings. The molecule has 0 bridgehead atoms. The normalized spacial score (nSPS) is 14.2. The number of fused-ring (bicyclic) bond motifs is 2. The van der Waals surface area contributed by atoms with Gasteiger partial charge in [-0.2, -0.15) is 0 Å². The molecule has 0 radical (unpaired) electrons. The van der Waals surface area contributed by atoms with Crippen LogP contribution in [0, 0.1) is 0 Å². The molecule has 2 heteroatoms. The molecule has 0 unspecified atom stereocenters. The van der Waals surface area contributed by atoms with E-state index < -0.39 is 0 Å². The van der Waals surface area contributed by atoms with E-state index in [4.69, 9.17) is 0 Å². The minimum absolute atomic E-state index is 1.07. The Morgan fingerprint density at radius 3 is 3.23 bits per heavy atom. The van der Waals surface area contributed by atoms with Crippen molar-refractivity contribution in [3.8, 4) is 0 Å². The number of rotatable bonds is 0. The van der Waals surface area contributed by atoms with Crippen LogP contribution in [-0.4, -0.2) is 11.5 Å². The first kappa shape index (κ1) is 6.89. The van der Waals surface area contributed by atoms with Crippen LogP contribution in [0.1, 0.15) is 5.56 Å². The summed E-state index contributed by atoms with van der Waals surface area (Å²) in [5.74, 6) is 0. The van der Waals surface area contributed by atoms with Gasteiger partial charge in [-0.25, -0.2) is 0 Å². The maximum absolute atomic E-state index is 4.11. The third kappa shape index (κ3) is 0.985. The lowest BCUT2D eigenvalue weighted by Gasteiger charge is -2.01. The average Bonchev–Trinajstić information content (AvgIpc) is 2.61. The topological polar surface area (TPSA) is 24.9 Å². The number of hydrogen-bond acceptors (Lipinski definition) is 2. The Kier molecular flexibility index (Phi) is 1.30. The summed E-state index contributed by atoms with van der Waals surface area (Å²) in [6.45, 7) is 1.07. The highest BCUT2D eigenvalue weighted by Gasteiger charge is 2.09. The molecule has 0 spiro atoms. The van der Waals surface area contributed by atoms with Gasteiger partial charge in [-0.15, -0.1) is 0 Å². The number of anilines is 1. The summed E-state index contributed by atoms with van der Waals surface area (Å²) in [5, 5.41) is 5.87. The molecule has 0 saturated carbocycles. The Morgan fingerprint density at radius 2 is 2.23 bits per heavy atom. The molecule has 1 aromatic carbocycles. The van der Waals surface area contributed by atoms with Gasteiger partial charge < -0.3 is 5.32 Å². The second-order valence-corrected chi connectivity index (χ2v) is 3.41. The summed E-state index contributed by atoms with van der Waals surface area (Å²) in [7, 11) is 0. The van der Waals surface area contributed by atoms with Crippen LogP contribution < -0.4 is 5.32 Å². The third-order valence-corrected chi connectivity index (χ3v) is 2.57. The first-order valence-electron chi connectivity index (χ1n) is 4.54. The minimum Gasteiger partial charge on any atom is -0.384 e. The number of nitrogens with zero attached hydrogens (tertiary/aromatic N) is 1. The molecule has 1 N–H and O–H groups in total. The zero-order valence-corrected chi connectivity index (χ0v) is 7.25. The summed E-state index contributed by atoms with van der Waals surface area (Å²) >= 11 is 0. The second-order valence-electron chi connectivity index (χ2n) is 3.41. The fraction of sp³-hybridized carbons (Fsp3) is 0.182. The molecule has 64 valence electrons. The van der Waals surface area contributed by atoms with Gasteiger partial charge in [0.05, 0.1) is 0 Å². The highest BCUT2D eigenvalue weighted by Crippen LogP contribution is 2.27. The van der Waals surface area contributed by atoms with Crippen molar-refractivity contribution >= 4 is 16.5 Å². The van der Waals surface area contributed by atoms with E-state index in [0.29, 0.717) is 0 Å². The SMILES string of the molecule is c1cc2cc3c(cc2cn1)NCC3. The molecular formula is C11H10N2. The zero-order valence-electron chi connectivity index (χ0n) is 7.25. The smallest absolute Gasteiger partial charge is 0.0380 e. The van der Waals surface area contributed by atoms with Gasteiger partial charge in [0.2, 0.25) is 0 Å². The van der Waals surface area contributed by atoms with Gasteiger partial charge in [0, 0.05) is 30.0 Å². The van der Waals surface area contributed by atoms with E-state index in [1.165, 1.54) is 22.0 Å². The van der Waals surface area contributed by atoms with Crippen molar-refractivity contribution in [3.63, 3.8) is 0 Å². The van der Waals surface area contributed by atoms with Crippen LogP contribution in [0.5, 0.6) is 0 Å². The van der Waals surface area contributed by atoms with E-state index >= 15 is 0 Å². The van der Waals surface area contributed by atoms with Gasteiger partial charge in [0.1, 0.15) is 0 Å². The number of pyridine rings is 1. The first-order chi connectivity index (χ1) is 6.43. The van der Waals surface area contributed by atoms with E-state index in [9.17, 15) is 0 Å². The van der Waals surface area contributed by atoms with E-state index in [1.807, 2.05) is 12.4 Å². The largest absolute Gasteiger partial charge is 0.384 e. The number of aromatic nitrogens is 1. The molecule has 2 nitrogen and oxygen atoms in total. The summed E-state index contributed by atoms with van der Waals surface area (Å²) in [6, 6.07) is 6.50. The maximum Gasteiger partial charge on any atom is 0.0380 e. The van der Waals surface area contributed by atoms with Crippen LogP contribution in [-0.2, 0) is 6.42 Å². The standard InChI is InChI=1S/C11H10N2/c1-3-12-7-10-6-11-9(2-4-13-11)5-8(1)10/h1,3,5-7,13H,2,4H2. The summed E-state index contributed by atoms with van der Waals surface area (Å²) in [4.78, 5) is 4.11. The van der Waals surface area contributed by atoms with Crippen molar-refractivity contribution in [2.75, 3.05) is 11.9 Å². The number of nitrogens with one attached hydrogen (secondary N) is 1. The summed E-state index contributed by atoms with van der Waals surface area (Å²) in [6.07, 6.45) is 4.90. The van der Waals surface area contributed by atoms with Crippen LogP contribution in [0.3, 0.4) is 0 Å². The quantitative estimate of drug-likeness (QED) is 0.655. The Hall–Kier alpha value is -1.57. The highest BCUT2D eigenvalue weighted by atomic mass is 14.9. The van der Waals surface area contributed by atoms with E-state index in [1.54, 1.807) is 0 Å². The second kappa shape index (κ2) is 2.46. The van der Waals surface area contributed by atoms with Crippen molar-refractivity contribution in [1.29, 1.82) is 0 Å². The average molecular weight is 170 g/mol. The van der Waals surface area contributed by atoms with Gasteiger partial charge in [-0.1, -0.05) is 0 Å². The lowest BCUT2D eigenvalue weighted by atomic mass is 10.1. The molecule has 1 aliphatic rings. The Labute approximate surface area is 76.6 Å². The predicted octanol–water partition coefficient (Wildman–Crippen LogP) is 2.20. The van der Waals surface area contributed by atoms with Crippen molar-refractivity contribution < 1.29 is 0 Å². The van der Waals surface area contributed by atoms with Crippen molar-refractivity contribution in [2.45, 2.75) is 6.42 Å². The monoisotopic (exact) mass is 170 g/mol. The van der Waals surface area contributed by atoms with Crippen LogP contribution in [0.15, 0.2) is 30.6 Å². The molecule has 0 saturated heterocycles. The summed E-state index contributed by atoms with van der Waals surface area (Å²) in [5.41, 5.74) is 2.71. The summed E-state index contributed by atoms with van der Waals surface area (Å²) < 4.78 is 0. The number of benzene rings is 1. The van der Waals surface area contributed by atoms with Crippen LogP contribution in [0.4, 0.5) is 5.69 Å². The molecular weight excluding hydrogens is 160 g/mol. The Morgan fingerprint density at radius 1 is 1.23 bits per heavy atom. The van der Waals surface area contributed by atoms with Crippen LogP contribution in [0.25, 0.3) is 10.8 Å². The highest BCUT2D eigenvalue weighted by molar-refractivity contribution is 5.87. The minimum atomic E-state index is 1.07. The van der Waals surface area contributed by atoms with Crippen molar-refractivity contribution in [3.05, 3.63) is 36.2 Å². The van der Waals surface area contributed by atoms with Crippen LogP contribution >= 0.6 is 0 Å². The lowest BCUT2D eigenvalue weighted by Crippen LogP contribution is -1.90. The van der Waals surface area contributed by atoms with Crippen molar-refractivity contribution in [1.82, 2.24) is 4.98 Å². The maximum atomic E-state index is 4.11. The zero-order chi connectivity index (χ0) is 8.67. The van der Waals surface area contributed by atoms with Gasteiger partial charge in [-0.05, 0) is 35.6 Å². The van der Waals surface area contributed by atoms with Gasteiger partial charge in [-0.3, -0.25) is 4.98 Å². The van der Waals surface area contributed by atoms with Gasteiger partial charge in [0.15, 0.2) is 0 Å². The molecule has 0 fully saturated rings. The molecule has 3 rings (SSSR count). The van der Waals surface area contributed by atoms with Crippen LogP contribution in [0.2, 0.25) is 0 Å². The lowest BCUT2D eigenvalue weighted by molar-refractivity contribution is 1.11. The van der Waals surface area contributed by atoms with E-state index in [2.05, 4.69) is 28.5 Å². The first-order valence-corrected chi connectivity index (χ1v) is 4.54. The van der Waals surface area contributed by atoms with E-state index in [0.717, 1.165) is 13.0 Å². The molecule has 2 heterocycles. The Bertz CT molecular complexity index is 420. The number of hydrogen-bond donors (Lipinski definition) is 1. The van der Waals surface area contributed by atoms with Gasteiger partial charge >= 0.3 is 0 Å². The molecule has 0 amide bonds. The van der Waals surface area contributed by atoms with E-state index in [-0.39, 0.29) is 0 Å². The molecule has 13 heavy (non-hydrogen) atoms.